The van der Waals surface area contributed by atoms with Crippen molar-refractivity contribution < 1.29 is 9.53 Å². The van der Waals surface area contributed by atoms with Gasteiger partial charge in [0.2, 0.25) is 0 Å². The van der Waals surface area contributed by atoms with Crippen molar-refractivity contribution in [2.75, 3.05) is 6.61 Å². The molecule has 1 radical (unpaired) electrons. The highest BCUT2D eigenvalue weighted by Gasteiger charge is 2.27. The molecule has 0 bridgehead atoms. The van der Waals surface area contributed by atoms with Crippen LogP contribution in [0.1, 0.15) is 11.7 Å². The van der Waals surface area contributed by atoms with Crippen LogP contribution < -0.4 is 5.32 Å². The Kier molecular flexibility index (Phi) is 1.24. The summed E-state index contributed by atoms with van der Waals surface area (Å²) < 4.78 is 4.60. The smallest absolute Gasteiger partial charge is 0.429 e. The Labute approximate surface area is 61.9 Å². The van der Waals surface area contributed by atoms with E-state index >= 15 is 0 Å². The molecule has 1 aromatic heterocycles. The van der Waals surface area contributed by atoms with Gasteiger partial charge in [-0.1, -0.05) is 5.21 Å². The van der Waals surface area contributed by atoms with Gasteiger partial charge >= 0.3 is 6.09 Å². The number of amides is 1. The third-order valence-electron chi connectivity index (χ3n) is 1.40. The van der Waals surface area contributed by atoms with Gasteiger partial charge in [-0.3, -0.25) is 5.10 Å². The van der Waals surface area contributed by atoms with Gasteiger partial charge in [-0.2, -0.15) is 5.32 Å². The van der Waals surface area contributed by atoms with E-state index in [-0.39, 0.29) is 12.6 Å². The van der Waals surface area contributed by atoms with Gasteiger partial charge in [0.05, 0.1) is 0 Å². The molecular formula is C5H5N4O2. The van der Waals surface area contributed by atoms with Crippen LogP contribution in [0.2, 0.25) is 0 Å². The summed E-state index contributed by atoms with van der Waals surface area (Å²) in [5, 5.41) is 13.4. The lowest BCUT2D eigenvalue weighted by Crippen LogP contribution is -2.10. The first-order chi connectivity index (χ1) is 5.36. The Morgan fingerprint density at radius 3 is 3.18 bits per heavy atom. The summed E-state index contributed by atoms with van der Waals surface area (Å²) in [5.74, 6) is 0. The van der Waals surface area contributed by atoms with Crippen molar-refractivity contribution in [2.24, 2.45) is 0 Å². The van der Waals surface area contributed by atoms with Crippen LogP contribution in [0.5, 0.6) is 0 Å². The largest absolute Gasteiger partial charge is 0.445 e. The molecule has 2 rings (SSSR count). The Morgan fingerprint density at radius 1 is 1.73 bits per heavy atom. The van der Waals surface area contributed by atoms with Crippen LogP contribution in [0.25, 0.3) is 0 Å². The number of H-pyrrole nitrogens is 1. The molecule has 1 saturated heterocycles. The van der Waals surface area contributed by atoms with Crippen LogP contribution in [0.15, 0.2) is 6.20 Å². The molecule has 57 valence electrons. The minimum Gasteiger partial charge on any atom is -0.445 e. The molecule has 1 aliphatic heterocycles. The zero-order valence-electron chi connectivity index (χ0n) is 5.52. The molecule has 1 atom stereocenters. The van der Waals surface area contributed by atoms with Gasteiger partial charge < -0.3 is 4.74 Å². The van der Waals surface area contributed by atoms with E-state index < -0.39 is 6.09 Å². The van der Waals surface area contributed by atoms with E-state index in [1.165, 1.54) is 0 Å². The van der Waals surface area contributed by atoms with Crippen LogP contribution in [-0.4, -0.2) is 28.1 Å². The maximum Gasteiger partial charge on any atom is 0.429 e. The van der Waals surface area contributed by atoms with Crippen molar-refractivity contribution in [3.05, 3.63) is 11.9 Å². The van der Waals surface area contributed by atoms with E-state index in [2.05, 4.69) is 25.5 Å². The molecule has 6 heteroatoms. The van der Waals surface area contributed by atoms with E-state index in [0.29, 0.717) is 5.69 Å². The highest BCUT2D eigenvalue weighted by Crippen LogP contribution is 2.15. The second-order valence-electron chi connectivity index (χ2n) is 2.12. The number of hydrogen-bond donors (Lipinski definition) is 1. The molecule has 11 heavy (non-hydrogen) atoms. The van der Waals surface area contributed by atoms with Crippen LogP contribution >= 0.6 is 0 Å². The molecule has 2 heterocycles. The van der Waals surface area contributed by atoms with Crippen molar-refractivity contribution in [3.63, 3.8) is 0 Å². The van der Waals surface area contributed by atoms with Crippen LogP contribution in [0.4, 0.5) is 4.79 Å². The van der Waals surface area contributed by atoms with Crippen LogP contribution in [0.3, 0.4) is 0 Å². The van der Waals surface area contributed by atoms with Gasteiger partial charge in [0.25, 0.3) is 0 Å². The van der Waals surface area contributed by atoms with Crippen molar-refractivity contribution in [3.8, 4) is 0 Å². The Balaban J connectivity index is 2.13. The van der Waals surface area contributed by atoms with Crippen molar-refractivity contribution >= 4 is 6.09 Å². The predicted molar refractivity (Wildman–Crippen MR) is 32.6 cm³/mol. The number of nitrogens with one attached hydrogen (secondary N) is 1. The standard InChI is InChI=1S/C5H5N4O2/c10-5-7-4(2-11-5)3-1-6-9-8-3/h1,4H,2H2,(H,6,8,9). The zero-order valence-corrected chi connectivity index (χ0v) is 5.52. The summed E-state index contributed by atoms with van der Waals surface area (Å²) >= 11 is 0. The number of aromatic amines is 1. The molecule has 6 nitrogen and oxygen atoms in total. The van der Waals surface area contributed by atoms with E-state index in [1.54, 1.807) is 6.20 Å². The second-order valence-corrected chi connectivity index (χ2v) is 2.12. The van der Waals surface area contributed by atoms with Crippen molar-refractivity contribution in [2.45, 2.75) is 6.04 Å². The molecule has 0 spiro atoms. The molecule has 1 amide bonds. The first-order valence-electron chi connectivity index (χ1n) is 3.10. The van der Waals surface area contributed by atoms with Gasteiger partial charge in [-0.25, -0.2) is 4.79 Å². The lowest BCUT2D eigenvalue weighted by atomic mass is 10.2. The first-order valence-corrected chi connectivity index (χ1v) is 3.10. The summed E-state index contributed by atoms with van der Waals surface area (Å²) in [6.07, 6.45) is 1.06. The minimum absolute atomic E-state index is 0.269. The second kappa shape index (κ2) is 2.22. The summed E-state index contributed by atoms with van der Waals surface area (Å²) in [6.45, 7) is 0.269. The Bertz CT molecular complexity index is 257. The number of nitrogens with zero attached hydrogens (tertiary/aromatic N) is 3. The van der Waals surface area contributed by atoms with E-state index in [4.69, 9.17) is 0 Å². The number of rotatable bonds is 1. The molecule has 1 N–H and O–H groups in total. The number of cyclic esters (lactones) is 1. The quantitative estimate of drug-likeness (QED) is 0.595. The highest BCUT2D eigenvalue weighted by atomic mass is 16.6. The van der Waals surface area contributed by atoms with E-state index in [0.717, 1.165) is 0 Å². The van der Waals surface area contributed by atoms with Gasteiger partial charge in [-0.05, 0) is 0 Å². The number of hydrogen-bond acceptors (Lipinski definition) is 4. The van der Waals surface area contributed by atoms with Gasteiger partial charge in [0.15, 0.2) is 0 Å². The summed E-state index contributed by atoms with van der Waals surface area (Å²) in [5.41, 5.74) is 0.635. The van der Waals surface area contributed by atoms with E-state index in [9.17, 15) is 4.79 Å². The first kappa shape index (κ1) is 6.14. The minimum atomic E-state index is -0.530. The fourth-order valence-corrected chi connectivity index (χ4v) is 0.877. The topological polar surface area (TPSA) is 82.0 Å². The summed E-state index contributed by atoms with van der Waals surface area (Å²) in [4.78, 5) is 10.5. The lowest BCUT2D eigenvalue weighted by molar-refractivity contribution is 0.176. The fraction of sp³-hybridized carbons (Fsp3) is 0.400. The Morgan fingerprint density at radius 2 is 2.64 bits per heavy atom. The maximum absolute atomic E-state index is 10.5. The van der Waals surface area contributed by atoms with Gasteiger partial charge in [-0.15, -0.1) is 5.10 Å². The van der Waals surface area contributed by atoms with Gasteiger partial charge in [0, 0.05) is 6.20 Å². The van der Waals surface area contributed by atoms with Gasteiger partial charge in [0.1, 0.15) is 18.3 Å². The zero-order chi connectivity index (χ0) is 7.68. The molecule has 1 unspecified atom stereocenters. The maximum atomic E-state index is 10.5. The fourth-order valence-electron chi connectivity index (χ4n) is 0.877. The highest BCUT2D eigenvalue weighted by molar-refractivity contribution is 5.69. The molecule has 1 fully saturated rings. The molecule has 1 aliphatic rings. The average molecular weight is 153 g/mol. The molecular weight excluding hydrogens is 148 g/mol. The SMILES string of the molecule is O=C1[N]C(c2c[nH]nn2)CO1. The normalized spacial score (nSPS) is 22.9. The van der Waals surface area contributed by atoms with Crippen LogP contribution in [-0.2, 0) is 4.74 Å². The summed E-state index contributed by atoms with van der Waals surface area (Å²) in [7, 11) is 0. The average Bonchev–Trinajstić information content (AvgIpc) is 2.55. The lowest BCUT2D eigenvalue weighted by Gasteiger charge is -1.95. The Hall–Kier alpha value is -1.59. The molecule has 0 saturated carbocycles. The van der Waals surface area contributed by atoms with Crippen LogP contribution in [0, 0.1) is 0 Å². The number of ether oxygens (including phenoxy) is 1. The monoisotopic (exact) mass is 153 g/mol. The number of carbonyl (C=O) groups is 1. The molecule has 0 aromatic carbocycles. The molecule has 1 aromatic rings. The summed E-state index contributed by atoms with van der Waals surface area (Å²) in [6, 6.07) is -0.277. The van der Waals surface area contributed by atoms with Crippen molar-refractivity contribution in [1.82, 2.24) is 20.7 Å². The number of aromatic nitrogens is 3. The molecule has 0 aliphatic carbocycles. The van der Waals surface area contributed by atoms with Crippen molar-refractivity contribution in [1.29, 1.82) is 0 Å². The third-order valence-corrected chi connectivity index (χ3v) is 1.40. The van der Waals surface area contributed by atoms with E-state index in [1.807, 2.05) is 0 Å². The number of carbonyl (C=O) groups excluding carboxylic acids is 1. The predicted octanol–water partition coefficient (Wildman–Crippen LogP) is -0.400. The third kappa shape index (κ3) is 1.02.